The van der Waals surface area contributed by atoms with Crippen LogP contribution >= 0.6 is 0 Å². The van der Waals surface area contributed by atoms with E-state index in [-0.39, 0.29) is 12.5 Å². The molecule has 2 N–H and O–H groups in total. The molecule has 0 aliphatic heterocycles. The van der Waals surface area contributed by atoms with Crippen LogP contribution in [0.5, 0.6) is 0 Å². The van der Waals surface area contributed by atoms with Crippen LogP contribution in [0.2, 0.25) is 0 Å². The number of carbonyl (C=O) groups is 1. The molecule has 1 aromatic carbocycles. The summed E-state index contributed by atoms with van der Waals surface area (Å²) in [5.41, 5.74) is 0.848. The fourth-order valence-electron chi connectivity index (χ4n) is 1.83. The Balaban J connectivity index is 2.48. The van der Waals surface area contributed by atoms with Gasteiger partial charge in [-0.1, -0.05) is 12.1 Å². The lowest BCUT2D eigenvalue weighted by atomic mass is 10.2. The summed E-state index contributed by atoms with van der Waals surface area (Å²) in [7, 11) is 5.23. The van der Waals surface area contributed by atoms with E-state index < -0.39 is 0 Å². The van der Waals surface area contributed by atoms with Crippen molar-refractivity contribution >= 4 is 28.6 Å². The van der Waals surface area contributed by atoms with Crippen LogP contribution in [0.15, 0.2) is 24.3 Å². The Hall–Kier alpha value is -2.37. The average Bonchev–Trinajstić information content (AvgIpc) is 2.45. The maximum Gasteiger partial charge on any atom is 0.239 e. The van der Waals surface area contributed by atoms with E-state index in [1.54, 1.807) is 14.1 Å². The molecule has 2 rings (SSSR count). The molecular formula is C13H17N5O. The molecule has 19 heavy (non-hydrogen) atoms. The third-order valence-corrected chi connectivity index (χ3v) is 2.83. The number of carbonyl (C=O) groups excluding carboxylic acids is 1. The van der Waals surface area contributed by atoms with E-state index in [2.05, 4.69) is 20.6 Å². The number of nitrogens with one attached hydrogen (secondary N) is 2. The van der Waals surface area contributed by atoms with Crippen molar-refractivity contribution in [2.75, 3.05) is 37.9 Å². The topological polar surface area (TPSA) is 70.2 Å². The second-order valence-corrected chi connectivity index (χ2v) is 4.17. The molecule has 1 amide bonds. The van der Waals surface area contributed by atoms with Gasteiger partial charge in [-0.2, -0.15) is 4.98 Å². The third kappa shape index (κ3) is 2.73. The molecule has 1 aromatic heterocycles. The number of fused-ring (bicyclic) bond motifs is 1. The maximum atomic E-state index is 11.5. The van der Waals surface area contributed by atoms with Crippen LogP contribution in [0.4, 0.5) is 11.8 Å². The van der Waals surface area contributed by atoms with Crippen LogP contribution in [0.3, 0.4) is 0 Å². The monoisotopic (exact) mass is 259 g/mol. The quantitative estimate of drug-likeness (QED) is 0.852. The first kappa shape index (κ1) is 13.1. The molecule has 0 fully saturated rings. The van der Waals surface area contributed by atoms with Crippen molar-refractivity contribution in [3.63, 3.8) is 0 Å². The van der Waals surface area contributed by atoms with E-state index in [0.29, 0.717) is 5.95 Å². The van der Waals surface area contributed by atoms with Crippen LogP contribution in [-0.2, 0) is 4.79 Å². The van der Waals surface area contributed by atoms with Crippen LogP contribution in [0.25, 0.3) is 10.9 Å². The Kier molecular flexibility index (Phi) is 3.79. The van der Waals surface area contributed by atoms with Gasteiger partial charge in [0.2, 0.25) is 11.9 Å². The Morgan fingerprint density at radius 1 is 1.26 bits per heavy atom. The Labute approximate surface area is 111 Å². The number of anilines is 2. The van der Waals surface area contributed by atoms with Gasteiger partial charge >= 0.3 is 0 Å². The summed E-state index contributed by atoms with van der Waals surface area (Å²) in [6.45, 7) is 0.251. The second kappa shape index (κ2) is 5.51. The van der Waals surface area contributed by atoms with Gasteiger partial charge in [0.15, 0.2) is 0 Å². The molecule has 0 aliphatic carbocycles. The second-order valence-electron chi connectivity index (χ2n) is 4.17. The predicted molar refractivity (Wildman–Crippen MR) is 76.4 cm³/mol. The molecule has 2 aromatic rings. The number of aromatic nitrogens is 2. The van der Waals surface area contributed by atoms with Gasteiger partial charge in [0, 0.05) is 26.5 Å². The molecule has 100 valence electrons. The van der Waals surface area contributed by atoms with Crippen molar-refractivity contribution in [3.05, 3.63) is 24.3 Å². The maximum absolute atomic E-state index is 11.5. The van der Waals surface area contributed by atoms with Gasteiger partial charge in [0.1, 0.15) is 5.82 Å². The van der Waals surface area contributed by atoms with E-state index in [1.165, 1.54) is 0 Å². The summed E-state index contributed by atoms with van der Waals surface area (Å²) in [4.78, 5) is 22.1. The van der Waals surface area contributed by atoms with E-state index in [4.69, 9.17) is 0 Å². The third-order valence-electron chi connectivity index (χ3n) is 2.83. The number of para-hydroxylation sites is 1. The van der Waals surface area contributed by atoms with Crippen molar-refractivity contribution in [2.24, 2.45) is 0 Å². The zero-order valence-electron chi connectivity index (χ0n) is 11.3. The van der Waals surface area contributed by atoms with Crippen LogP contribution in [0.1, 0.15) is 0 Å². The number of benzene rings is 1. The van der Waals surface area contributed by atoms with E-state index in [1.807, 2.05) is 36.2 Å². The summed E-state index contributed by atoms with van der Waals surface area (Å²) in [6.07, 6.45) is 0. The van der Waals surface area contributed by atoms with Crippen molar-refractivity contribution in [1.29, 1.82) is 0 Å². The van der Waals surface area contributed by atoms with Gasteiger partial charge in [-0.15, -0.1) is 0 Å². The standard InChI is InChI=1S/C13H17N5O/c1-14-11(19)8-18(3)12-9-6-4-5-7-10(9)16-13(15-2)17-12/h4-7H,8H2,1-3H3,(H,14,19)(H,15,16,17). The summed E-state index contributed by atoms with van der Waals surface area (Å²) in [5, 5.41) is 6.46. The molecule has 0 unspecified atom stereocenters. The normalized spacial score (nSPS) is 10.3. The molecule has 6 nitrogen and oxygen atoms in total. The first-order chi connectivity index (χ1) is 9.15. The first-order valence-electron chi connectivity index (χ1n) is 6.02. The lowest BCUT2D eigenvalue weighted by Crippen LogP contribution is -2.33. The number of hydrogen-bond donors (Lipinski definition) is 2. The van der Waals surface area contributed by atoms with E-state index >= 15 is 0 Å². The predicted octanol–water partition coefficient (Wildman–Crippen LogP) is 0.854. The number of rotatable bonds is 4. The highest BCUT2D eigenvalue weighted by atomic mass is 16.1. The molecule has 0 radical (unpaired) electrons. The zero-order chi connectivity index (χ0) is 13.8. The highest BCUT2D eigenvalue weighted by molar-refractivity contribution is 5.92. The largest absolute Gasteiger partial charge is 0.358 e. The summed E-state index contributed by atoms with van der Waals surface area (Å²) in [6, 6.07) is 7.73. The lowest BCUT2D eigenvalue weighted by molar-refractivity contribution is -0.119. The average molecular weight is 259 g/mol. The minimum Gasteiger partial charge on any atom is -0.358 e. The summed E-state index contributed by atoms with van der Waals surface area (Å²) < 4.78 is 0. The number of amides is 1. The minimum absolute atomic E-state index is 0.0591. The lowest BCUT2D eigenvalue weighted by Gasteiger charge is -2.19. The van der Waals surface area contributed by atoms with E-state index in [9.17, 15) is 4.79 Å². The van der Waals surface area contributed by atoms with Gasteiger partial charge in [-0.05, 0) is 12.1 Å². The van der Waals surface area contributed by atoms with Crippen LogP contribution < -0.4 is 15.5 Å². The van der Waals surface area contributed by atoms with Gasteiger partial charge < -0.3 is 15.5 Å². The van der Waals surface area contributed by atoms with Crippen LogP contribution in [0, 0.1) is 0 Å². The Morgan fingerprint density at radius 2 is 2.00 bits per heavy atom. The van der Waals surface area contributed by atoms with Crippen molar-refractivity contribution in [2.45, 2.75) is 0 Å². The highest BCUT2D eigenvalue weighted by Gasteiger charge is 2.13. The van der Waals surface area contributed by atoms with Gasteiger partial charge in [0.05, 0.1) is 12.1 Å². The molecule has 0 saturated carbocycles. The number of hydrogen-bond acceptors (Lipinski definition) is 5. The molecule has 0 saturated heterocycles. The molecule has 0 bridgehead atoms. The van der Waals surface area contributed by atoms with Crippen molar-refractivity contribution in [3.8, 4) is 0 Å². The minimum atomic E-state index is -0.0591. The molecule has 1 heterocycles. The van der Waals surface area contributed by atoms with Crippen molar-refractivity contribution in [1.82, 2.24) is 15.3 Å². The molecule has 0 atom stereocenters. The SMILES string of the molecule is CNC(=O)CN(C)c1nc(NC)nc2ccccc12. The molecule has 0 aliphatic rings. The molecule has 0 spiro atoms. The fourth-order valence-corrected chi connectivity index (χ4v) is 1.83. The van der Waals surface area contributed by atoms with Crippen molar-refractivity contribution < 1.29 is 4.79 Å². The Bertz CT molecular complexity index is 599. The summed E-state index contributed by atoms with van der Waals surface area (Å²) >= 11 is 0. The van der Waals surface area contributed by atoms with Gasteiger partial charge in [-0.25, -0.2) is 4.98 Å². The summed E-state index contributed by atoms with van der Waals surface area (Å²) in [5.74, 6) is 1.22. The number of nitrogens with zero attached hydrogens (tertiary/aromatic N) is 3. The highest BCUT2D eigenvalue weighted by Crippen LogP contribution is 2.24. The van der Waals surface area contributed by atoms with Gasteiger partial charge in [0.25, 0.3) is 0 Å². The molecular weight excluding hydrogens is 242 g/mol. The van der Waals surface area contributed by atoms with Crippen LogP contribution in [-0.4, -0.2) is 43.6 Å². The Morgan fingerprint density at radius 3 is 2.68 bits per heavy atom. The smallest absolute Gasteiger partial charge is 0.239 e. The van der Waals surface area contributed by atoms with Gasteiger partial charge in [-0.3, -0.25) is 4.79 Å². The first-order valence-corrected chi connectivity index (χ1v) is 6.02. The fraction of sp³-hybridized carbons (Fsp3) is 0.308. The zero-order valence-corrected chi connectivity index (χ0v) is 11.3. The number of likely N-dealkylation sites (N-methyl/N-ethyl adjacent to an activating group) is 2. The molecule has 6 heteroatoms. The van der Waals surface area contributed by atoms with E-state index in [0.717, 1.165) is 16.7 Å².